The first-order valence-electron chi connectivity index (χ1n) is 9.00. The van der Waals surface area contributed by atoms with Crippen molar-refractivity contribution in [3.63, 3.8) is 0 Å². The maximum atomic E-state index is 12.0. The van der Waals surface area contributed by atoms with Crippen LogP contribution in [0.4, 0.5) is 4.79 Å². The van der Waals surface area contributed by atoms with E-state index in [0.717, 1.165) is 23.6 Å². The molecule has 0 aliphatic heterocycles. The summed E-state index contributed by atoms with van der Waals surface area (Å²) in [6.45, 7) is 1.72. The first-order chi connectivity index (χ1) is 12.0. The summed E-state index contributed by atoms with van der Waals surface area (Å²) in [5.74, 6) is 2.82. The van der Waals surface area contributed by atoms with Crippen molar-refractivity contribution in [2.75, 3.05) is 7.05 Å². The predicted octanol–water partition coefficient (Wildman–Crippen LogP) is 2.47. The minimum atomic E-state index is -0.516. The van der Waals surface area contributed by atoms with Crippen LogP contribution in [-0.4, -0.2) is 34.4 Å². The normalized spacial score (nSPS) is 33.9. The Hall–Kier alpha value is -1.57. The Balaban J connectivity index is 1.44. The summed E-state index contributed by atoms with van der Waals surface area (Å²) in [4.78, 5) is 23.2. The number of imide groups is 1. The maximum absolute atomic E-state index is 12.0. The Bertz CT molecular complexity index is 654. The highest BCUT2D eigenvalue weighted by Crippen LogP contribution is 2.60. The average Bonchev–Trinajstić information content (AvgIpc) is 3.02. The van der Waals surface area contributed by atoms with Crippen LogP contribution in [0.15, 0.2) is 9.64 Å². The van der Waals surface area contributed by atoms with Gasteiger partial charge in [-0.3, -0.25) is 10.1 Å². The first kappa shape index (κ1) is 16.9. The zero-order valence-electron chi connectivity index (χ0n) is 14.6. The molecular weight excluding hydrogens is 340 g/mol. The highest BCUT2D eigenvalue weighted by molar-refractivity contribution is 8.00. The number of thioether (sulfide) groups is 1. The minimum absolute atomic E-state index is 0.0636. The highest BCUT2D eigenvalue weighted by Gasteiger charge is 2.54. The van der Waals surface area contributed by atoms with Crippen LogP contribution in [0.2, 0.25) is 0 Å². The van der Waals surface area contributed by atoms with Gasteiger partial charge in [0.25, 0.3) is 5.22 Å². The van der Waals surface area contributed by atoms with Gasteiger partial charge in [-0.1, -0.05) is 11.8 Å². The van der Waals surface area contributed by atoms with Gasteiger partial charge < -0.3 is 9.73 Å². The molecule has 0 unspecified atom stereocenters. The van der Waals surface area contributed by atoms with Crippen molar-refractivity contribution in [1.29, 1.82) is 0 Å². The van der Waals surface area contributed by atoms with Crippen LogP contribution in [0.1, 0.15) is 51.3 Å². The Kier molecular flexibility index (Phi) is 4.25. The maximum Gasteiger partial charge on any atom is 0.321 e. The van der Waals surface area contributed by atoms with Crippen molar-refractivity contribution >= 4 is 23.7 Å². The van der Waals surface area contributed by atoms with E-state index >= 15 is 0 Å². The molecule has 0 radical (unpaired) electrons. The zero-order chi connectivity index (χ0) is 17.6. The largest absolute Gasteiger partial charge is 0.415 e. The van der Waals surface area contributed by atoms with Gasteiger partial charge in [-0.25, -0.2) is 4.79 Å². The van der Waals surface area contributed by atoms with E-state index in [1.54, 1.807) is 6.92 Å². The molecule has 7 nitrogen and oxygen atoms in total. The Morgan fingerprint density at radius 3 is 2.32 bits per heavy atom. The molecule has 0 saturated heterocycles. The van der Waals surface area contributed by atoms with Gasteiger partial charge in [-0.05, 0) is 63.2 Å². The molecule has 25 heavy (non-hydrogen) atoms. The third kappa shape index (κ3) is 3.16. The SMILES string of the molecule is CNC(=O)NC(=O)[C@H](C)Sc1nnc(C23CC4CC(CC(C4)C2)C3)o1. The van der Waals surface area contributed by atoms with Crippen LogP contribution in [-0.2, 0) is 10.2 Å². The number of nitrogens with zero attached hydrogens (tertiary/aromatic N) is 2. The van der Waals surface area contributed by atoms with Crippen molar-refractivity contribution in [3.05, 3.63) is 5.89 Å². The van der Waals surface area contributed by atoms with E-state index in [1.165, 1.54) is 57.3 Å². The zero-order valence-corrected chi connectivity index (χ0v) is 15.4. The second-order valence-corrected chi connectivity index (χ2v) is 9.19. The van der Waals surface area contributed by atoms with Gasteiger partial charge >= 0.3 is 6.03 Å². The second kappa shape index (κ2) is 6.30. The fraction of sp³-hybridized carbons (Fsp3) is 0.765. The average molecular weight is 364 g/mol. The van der Waals surface area contributed by atoms with Crippen LogP contribution >= 0.6 is 11.8 Å². The summed E-state index contributed by atoms with van der Waals surface area (Å²) in [6.07, 6.45) is 7.59. The molecule has 4 fully saturated rings. The standard InChI is InChI=1S/C17H24N4O3S/c1-9(13(22)19-15(23)18-2)25-16-21-20-14(24-16)17-6-10-3-11(7-17)5-12(4-10)8-17/h9-12H,3-8H2,1-2H3,(H2,18,19,22,23)/t9-,10?,11?,12?,17?/m0/s1. The molecule has 5 rings (SSSR count). The van der Waals surface area contributed by atoms with Gasteiger partial charge in [-0.2, -0.15) is 0 Å². The van der Waals surface area contributed by atoms with Crippen LogP contribution in [0.5, 0.6) is 0 Å². The van der Waals surface area contributed by atoms with Crippen LogP contribution in [0.25, 0.3) is 0 Å². The lowest BCUT2D eigenvalue weighted by Gasteiger charge is -2.55. The second-order valence-electron chi connectivity index (χ2n) is 7.90. The molecule has 0 spiro atoms. The summed E-state index contributed by atoms with van der Waals surface area (Å²) in [6, 6.07) is -0.516. The Morgan fingerprint density at radius 2 is 1.76 bits per heavy atom. The summed E-state index contributed by atoms with van der Waals surface area (Å²) in [5.41, 5.74) is 0.0636. The lowest BCUT2D eigenvalue weighted by Crippen LogP contribution is -2.48. The summed E-state index contributed by atoms with van der Waals surface area (Å²) in [7, 11) is 1.47. The summed E-state index contributed by atoms with van der Waals surface area (Å²) >= 11 is 1.20. The van der Waals surface area contributed by atoms with Gasteiger partial charge in [-0.15, -0.1) is 10.2 Å². The van der Waals surface area contributed by atoms with E-state index in [9.17, 15) is 9.59 Å². The van der Waals surface area contributed by atoms with E-state index < -0.39 is 11.3 Å². The molecule has 136 valence electrons. The molecule has 4 aliphatic carbocycles. The van der Waals surface area contributed by atoms with Gasteiger partial charge in [0.15, 0.2) is 0 Å². The number of amides is 3. The quantitative estimate of drug-likeness (QED) is 0.797. The fourth-order valence-electron chi connectivity index (χ4n) is 5.33. The molecule has 3 amide bonds. The van der Waals surface area contributed by atoms with Crippen molar-refractivity contribution in [1.82, 2.24) is 20.8 Å². The summed E-state index contributed by atoms with van der Waals surface area (Å²) in [5, 5.41) is 13.1. The lowest BCUT2D eigenvalue weighted by molar-refractivity contribution is -0.119. The van der Waals surface area contributed by atoms with E-state index in [1.807, 2.05) is 0 Å². The molecule has 1 aromatic rings. The molecular formula is C17H24N4O3S. The molecule has 1 atom stereocenters. The molecule has 4 aliphatic rings. The fourth-order valence-corrected chi connectivity index (χ4v) is 6.01. The number of urea groups is 1. The van der Waals surface area contributed by atoms with Crippen molar-refractivity contribution in [3.8, 4) is 0 Å². The number of rotatable bonds is 4. The molecule has 1 heterocycles. The molecule has 1 aromatic heterocycles. The van der Waals surface area contributed by atoms with Gasteiger partial charge in [0.2, 0.25) is 11.8 Å². The van der Waals surface area contributed by atoms with Crippen LogP contribution in [0.3, 0.4) is 0 Å². The van der Waals surface area contributed by atoms with Crippen LogP contribution in [0, 0.1) is 17.8 Å². The molecule has 8 heteroatoms. The number of aromatic nitrogens is 2. The number of carbonyl (C=O) groups is 2. The van der Waals surface area contributed by atoms with E-state index in [2.05, 4.69) is 20.8 Å². The first-order valence-corrected chi connectivity index (χ1v) is 9.88. The molecule has 4 bridgehead atoms. The number of carbonyl (C=O) groups excluding carboxylic acids is 2. The van der Waals surface area contributed by atoms with Gasteiger partial charge in [0.05, 0.1) is 5.25 Å². The lowest BCUT2D eigenvalue weighted by atomic mass is 9.49. The predicted molar refractivity (Wildman–Crippen MR) is 92.1 cm³/mol. The number of nitrogens with one attached hydrogen (secondary N) is 2. The van der Waals surface area contributed by atoms with E-state index in [-0.39, 0.29) is 11.3 Å². The monoisotopic (exact) mass is 364 g/mol. The highest BCUT2D eigenvalue weighted by atomic mass is 32.2. The molecule has 0 aromatic carbocycles. The third-order valence-corrected chi connectivity index (χ3v) is 6.94. The number of hydrogen-bond donors (Lipinski definition) is 2. The number of hydrogen-bond acceptors (Lipinski definition) is 6. The molecule has 2 N–H and O–H groups in total. The van der Waals surface area contributed by atoms with E-state index in [4.69, 9.17) is 4.42 Å². The minimum Gasteiger partial charge on any atom is -0.415 e. The van der Waals surface area contributed by atoms with Crippen molar-refractivity contribution in [2.24, 2.45) is 17.8 Å². The van der Waals surface area contributed by atoms with Crippen molar-refractivity contribution in [2.45, 2.75) is 61.3 Å². The Labute approximate surface area is 151 Å². The topological polar surface area (TPSA) is 97.1 Å². The third-order valence-electron chi connectivity index (χ3n) is 6.01. The van der Waals surface area contributed by atoms with E-state index in [0.29, 0.717) is 5.22 Å². The summed E-state index contributed by atoms with van der Waals surface area (Å²) < 4.78 is 5.98. The molecule has 4 saturated carbocycles. The van der Waals surface area contributed by atoms with Crippen LogP contribution < -0.4 is 10.6 Å². The van der Waals surface area contributed by atoms with Gasteiger partial charge in [0.1, 0.15) is 0 Å². The smallest absolute Gasteiger partial charge is 0.321 e. The van der Waals surface area contributed by atoms with Gasteiger partial charge in [0, 0.05) is 12.5 Å². The van der Waals surface area contributed by atoms with Crippen molar-refractivity contribution < 1.29 is 14.0 Å². The Morgan fingerprint density at radius 1 is 1.16 bits per heavy atom.